The molecule has 0 aliphatic heterocycles. The fourth-order valence-electron chi connectivity index (χ4n) is 1.90. The van der Waals surface area contributed by atoms with E-state index in [4.69, 9.17) is 12.2 Å². The molecule has 0 aliphatic rings. The van der Waals surface area contributed by atoms with Crippen molar-refractivity contribution < 1.29 is 0 Å². The zero-order valence-electron chi connectivity index (χ0n) is 9.02. The van der Waals surface area contributed by atoms with Crippen LogP contribution in [-0.2, 0) is 0 Å². The topological polar surface area (TPSA) is 0 Å². The third kappa shape index (κ3) is 2.91. The predicted molar refractivity (Wildman–Crippen MR) is 68.1 cm³/mol. The molecule has 0 radical (unpaired) electrons. The fraction of sp³-hybridized carbons (Fsp3) is 0.636. The minimum atomic E-state index is -1.24. The van der Waals surface area contributed by atoms with Gasteiger partial charge in [0.05, 0.1) is 8.07 Å². The molecule has 0 rings (SSSR count). The van der Waals surface area contributed by atoms with E-state index >= 15 is 0 Å². The van der Waals surface area contributed by atoms with Gasteiger partial charge >= 0.3 is 0 Å². The Morgan fingerprint density at radius 3 is 2.00 bits per heavy atom. The highest BCUT2D eigenvalue weighted by Crippen LogP contribution is 2.29. The Kier molecular flexibility index (Phi) is 6.22. The first-order valence-electron chi connectivity index (χ1n) is 5.06. The smallest absolute Gasteiger partial charge is 0.0922 e. The molecule has 13 heavy (non-hydrogen) atoms. The Bertz CT molecular complexity index is 202. The van der Waals surface area contributed by atoms with Crippen LogP contribution in [0.1, 0.15) is 27.2 Å². The van der Waals surface area contributed by atoms with E-state index in [1.807, 2.05) is 6.08 Å². The molecule has 0 aliphatic carbocycles. The van der Waals surface area contributed by atoms with Gasteiger partial charge in [-0.15, -0.1) is 6.58 Å². The lowest BCUT2D eigenvalue weighted by Gasteiger charge is -2.28. The molecule has 0 N–H and O–H groups in total. The van der Waals surface area contributed by atoms with Crippen molar-refractivity contribution in [1.82, 2.24) is 0 Å². The first-order chi connectivity index (χ1) is 6.20. The van der Waals surface area contributed by atoms with Crippen molar-refractivity contribution >= 4 is 25.3 Å². The van der Waals surface area contributed by atoms with Crippen molar-refractivity contribution in [2.24, 2.45) is 0 Å². The summed E-state index contributed by atoms with van der Waals surface area (Å²) < 4.78 is 0. The summed E-state index contributed by atoms with van der Waals surface area (Å²) in [5.41, 5.74) is 0. The molecule has 0 saturated carbocycles. The normalized spacial score (nSPS) is 10.7. The van der Waals surface area contributed by atoms with Gasteiger partial charge in [0.25, 0.3) is 0 Å². The van der Waals surface area contributed by atoms with E-state index in [0.717, 1.165) is 6.42 Å². The molecule has 0 bridgehead atoms. The van der Waals surface area contributed by atoms with Crippen LogP contribution in [-0.4, -0.2) is 13.1 Å². The largest absolute Gasteiger partial charge is 0.103 e. The van der Waals surface area contributed by atoms with Gasteiger partial charge in [-0.25, -0.2) is 0 Å². The van der Waals surface area contributed by atoms with Crippen molar-refractivity contribution in [2.75, 3.05) is 0 Å². The average molecular weight is 212 g/mol. The first kappa shape index (κ1) is 12.8. The summed E-state index contributed by atoms with van der Waals surface area (Å²) in [6.07, 6.45) is 2.91. The lowest BCUT2D eigenvalue weighted by atomic mass is 10.4. The second-order valence-electron chi connectivity index (χ2n) is 3.41. The van der Waals surface area contributed by atoms with E-state index in [9.17, 15) is 0 Å². The van der Waals surface area contributed by atoms with Crippen molar-refractivity contribution in [1.29, 1.82) is 0 Å². The van der Waals surface area contributed by atoms with Crippen LogP contribution >= 0.6 is 12.2 Å². The maximum atomic E-state index is 4.99. The van der Waals surface area contributed by atoms with Crippen LogP contribution in [0.15, 0.2) is 17.9 Å². The molecule has 0 fully saturated rings. The van der Waals surface area contributed by atoms with Gasteiger partial charge in [-0.1, -0.05) is 50.0 Å². The molecule has 0 nitrogen and oxygen atoms in total. The molecular weight excluding hydrogens is 192 g/mol. The van der Waals surface area contributed by atoms with Gasteiger partial charge in [-0.2, -0.15) is 0 Å². The molecule has 0 aromatic rings. The lowest BCUT2D eigenvalue weighted by molar-refractivity contribution is 1.15. The SMILES string of the molecule is C=CCC(=C=S)[Si](CC)(CC)CC. The zero-order valence-corrected chi connectivity index (χ0v) is 10.8. The van der Waals surface area contributed by atoms with Crippen LogP contribution < -0.4 is 0 Å². The molecule has 74 valence electrons. The fourth-order valence-corrected chi connectivity index (χ4v) is 6.21. The van der Waals surface area contributed by atoms with Gasteiger partial charge in [-0.3, -0.25) is 0 Å². The molecule has 0 heterocycles. The quantitative estimate of drug-likeness (QED) is 0.362. The minimum Gasteiger partial charge on any atom is -0.103 e. The molecular formula is C11H20SSi. The van der Waals surface area contributed by atoms with E-state index < -0.39 is 8.07 Å². The summed E-state index contributed by atoms with van der Waals surface area (Å²) in [5.74, 6) is 0. The lowest BCUT2D eigenvalue weighted by Crippen LogP contribution is -2.34. The maximum Gasteiger partial charge on any atom is 0.0922 e. The molecule has 0 unspecified atom stereocenters. The Balaban J connectivity index is 4.88. The Hall–Kier alpha value is -0.173. The van der Waals surface area contributed by atoms with Gasteiger partial charge in [0.2, 0.25) is 0 Å². The summed E-state index contributed by atoms with van der Waals surface area (Å²) in [6, 6.07) is 3.85. The Labute approximate surface area is 88.7 Å². The molecule has 0 saturated heterocycles. The van der Waals surface area contributed by atoms with Crippen LogP contribution in [0, 0.1) is 0 Å². The van der Waals surface area contributed by atoms with Gasteiger partial charge in [-0.05, 0) is 23.8 Å². The minimum absolute atomic E-state index is 0.950. The van der Waals surface area contributed by atoms with Crippen LogP contribution in [0.3, 0.4) is 0 Å². The highest BCUT2D eigenvalue weighted by Gasteiger charge is 2.30. The zero-order chi connectivity index (χ0) is 10.3. The Morgan fingerprint density at radius 2 is 1.77 bits per heavy atom. The molecule has 0 aromatic carbocycles. The van der Waals surface area contributed by atoms with Crippen molar-refractivity contribution in [3.63, 3.8) is 0 Å². The number of hydrogen-bond acceptors (Lipinski definition) is 1. The van der Waals surface area contributed by atoms with Gasteiger partial charge < -0.3 is 0 Å². The van der Waals surface area contributed by atoms with Crippen LogP contribution in [0.5, 0.6) is 0 Å². The van der Waals surface area contributed by atoms with Crippen LogP contribution in [0.4, 0.5) is 0 Å². The standard InChI is InChI=1S/C11H20SSi/c1-5-9-11(10-12)13(6-2,7-3)8-4/h5H,1,6-9H2,2-4H3. The second kappa shape index (κ2) is 6.31. The number of allylic oxidation sites excluding steroid dienone is 2. The highest BCUT2D eigenvalue weighted by molar-refractivity contribution is 7.78. The third-order valence-electron chi connectivity index (χ3n) is 3.14. The van der Waals surface area contributed by atoms with Crippen LogP contribution in [0.25, 0.3) is 0 Å². The number of rotatable bonds is 6. The summed E-state index contributed by atoms with van der Waals surface area (Å²) in [5, 5.41) is 4.38. The van der Waals surface area contributed by atoms with Crippen molar-refractivity contribution in [2.45, 2.75) is 45.3 Å². The molecule has 0 aromatic heterocycles. The van der Waals surface area contributed by atoms with E-state index in [-0.39, 0.29) is 0 Å². The van der Waals surface area contributed by atoms with Crippen LogP contribution in [0.2, 0.25) is 18.1 Å². The third-order valence-corrected chi connectivity index (χ3v) is 9.24. The van der Waals surface area contributed by atoms with E-state index in [0.29, 0.717) is 0 Å². The van der Waals surface area contributed by atoms with E-state index in [1.165, 1.54) is 23.3 Å². The molecule has 0 spiro atoms. The van der Waals surface area contributed by atoms with Crippen molar-refractivity contribution in [3.8, 4) is 0 Å². The highest BCUT2D eigenvalue weighted by atomic mass is 32.1. The van der Waals surface area contributed by atoms with Gasteiger partial charge in [0, 0.05) is 0 Å². The molecule has 2 heteroatoms. The first-order valence-corrected chi connectivity index (χ1v) is 8.09. The predicted octanol–water partition coefficient (Wildman–Crippen LogP) is 4.14. The summed E-state index contributed by atoms with van der Waals surface area (Å²) in [7, 11) is -1.24. The van der Waals surface area contributed by atoms with Crippen molar-refractivity contribution in [3.05, 3.63) is 17.9 Å². The summed E-state index contributed by atoms with van der Waals surface area (Å²) in [6.45, 7) is 10.6. The van der Waals surface area contributed by atoms with Gasteiger partial charge in [0.1, 0.15) is 0 Å². The summed E-state index contributed by atoms with van der Waals surface area (Å²) in [4.78, 5) is 0. The van der Waals surface area contributed by atoms with Gasteiger partial charge in [0.15, 0.2) is 0 Å². The average Bonchev–Trinajstić information content (AvgIpc) is 2.19. The second-order valence-corrected chi connectivity index (χ2v) is 8.90. The Morgan fingerprint density at radius 1 is 1.31 bits per heavy atom. The summed E-state index contributed by atoms with van der Waals surface area (Å²) >= 11 is 4.99. The maximum absolute atomic E-state index is 4.99. The number of hydrogen-bond donors (Lipinski definition) is 0. The number of thiocarbonyl (C=S) groups is 1. The van der Waals surface area contributed by atoms with E-state index in [1.54, 1.807) is 0 Å². The molecule has 0 atom stereocenters. The van der Waals surface area contributed by atoms with E-state index in [2.05, 4.69) is 32.4 Å². The monoisotopic (exact) mass is 212 g/mol. The molecule has 0 amide bonds.